The summed E-state index contributed by atoms with van der Waals surface area (Å²) in [5.41, 5.74) is 1.88. The van der Waals surface area contributed by atoms with E-state index in [-0.39, 0.29) is 12.5 Å². The van der Waals surface area contributed by atoms with Gasteiger partial charge in [0.25, 0.3) is 0 Å². The fraction of sp³-hybridized carbons (Fsp3) is 0.500. The molecular formula is C16H21N3O2. The number of nitrogens with zero attached hydrogens (tertiary/aromatic N) is 3. The molecule has 1 aromatic rings. The molecule has 0 spiro atoms. The number of aliphatic hydroxyl groups excluding tert-OH is 1. The smallest absolute Gasteiger partial charge is 0.227 e. The van der Waals surface area contributed by atoms with Crippen LogP contribution in [0, 0.1) is 11.3 Å². The first-order valence-corrected chi connectivity index (χ1v) is 7.29. The van der Waals surface area contributed by atoms with E-state index in [0.29, 0.717) is 32.5 Å². The first kappa shape index (κ1) is 15.5. The average molecular weight is 287 g/mol. The molecule has 0 saturated carbocycles. The summed E-state index contributed by atoms with van der Waals surface area (Å²) in [4.78, 5) is 16.4. The van der Waals surface area contributed by atoms with Gasteiger partial charge in [-0.15, -0.1) is 0 Å². The number of aliphatic hydroxyl groups is 1. The molecule has 1 fully saturated rings. The Balaban J connectivity index is 1.92. The Kier molecular flexibility index (Phi) is 5.73. The van der Waals surface area contributed by atoms with Gasteiger partial charge in [0.05, 0.1) is 25.5 Å². The summed E-state index contributed by atoms with van der Waals surface area (Å²) < 4.78 is 0. The van der Waals surface area contributed by atoms with Gasteiger partial charge in [-0.3, -0.25) is 9.69 Å². The molecule has 1 N–H and O–H groups in total. The molecular weight excluding hydrogens is 266 g/mol. The van der Waals surface area contributed by atoms with Crippen LogP contribution in [0.1, 0.15) is 11.1 Å². The van der Waals surface area contributed by atoms with Crippen molar-refractivity contribution in [2.75, 3.05) is 39.3 Å². The number of benzene rings is 1. The third-order valence-electron chi connectivity index (χ3n) is 3.87. The van der Waals surface area contributed by atoms with Gasteiger partial charge in [-0.2, -0.15) is 5.26 Å². The van der Waals surface area contributed by atoms with Crippen LogP contribution in [0.5, 0.6) is 0 Å². The molecule has 1 aromatic carbocycles. The number of amides is 1. The van der Waals surface area contributed by atoms with Gasteiger partial charge < -0.3 is 10.0 Å². The Bertz CT molecular complexity index is 516. The molecule has 1 saturated heterocycles. The molecule has 2 rings (SSSR count). The number of β-amino-alcohol motifs (C(OH)–C–C–N with tert-alkyl or cyclic N) is 1. The largest absolute Gasteiger partial charge is 0.395 e. The fourth-order valence-electron chi connectivity index (χ4n) is 2.62. The highest BCUT2D eigenvalue weighted by Gasteiger charge is 2.21. The molecule has 5 heteroatoms. The molecule has 1 aliphatic heterocycles. The number of carbonyl (C=O) groups excluding carboxylic acids is 1. The molecule has 0 atom stereocenters. The molecule has 0 aliphatic carbocycles. The van der Waals surface area contributed by atoms with E-state index in [1.54, 1.807) is 0 Å². The van der Waals surface area contributed by atoms with Crippen molar-refractivity contribution >= 4 is 5.91 Å². The van der Waals surface area contributed by atoms with Crippen LogP contribution in [0.3, 0.4) is 0 Å². The lowest BCUT2D eigenvalue weighted by atomic mass is 10.0. The summed E-state index contributed by atoms with van der Waals surface area (Å²) in [5.74, 6) is 0.115. The molecule has 0 aromatic heterocycles. The Hall–Kier alpha value is -1.90. The number of hydrogen-bond acceptors (Lipinski definition) is 4. The quantitative estimate of drug-likeness (QED) is 0.853. The van der Waals surface area contributed by atoms with Crippen molar-refractivity contribution in [1.82, 2.24) is 9.80 Å². The average Bonchev–Trinajstić information content (AvgIpc) is 2.50. The lowest BCUT2D eigenvalue weighted by molar-refractivity contribution is -0.132. The van der Waals surface area contributed by atoms with E-state index >= 15 is 0 Å². The zero-order chi connectivity index (χ0) is 15.1. The molecule has 5 nitrogen and oxygen atoms in total. The van der Waals surface area contributed by atoms with Crippen LogP contribution in [0.4, 0.5) is 0 Å². The number of rotatable bonds is 5. The van der Waals surface area contributed by atoms with Gasteiger partial charge in [-0.05, 0) is 11.1 Å². The summed E-state index contributed by atoms with van der Waals surface area (Å²) in [7, 11) is 0. The van der Waals surface area contributed by atoms with Crippen molar-refractivity contribution in [2.24, 2.45) is 0 Å². The van der Waals surface area contributed by atoms with E-state index < -0.39 is 0 Å². The highest BCUT2D eigenvalue weighted by atomic mass is 16.3. The van der Waals surface area contributed by atoms with Crippen LogP contribution >= 0.6 is 0 Å². The monoisotopic (exact) mass is 287 g/mol. The van der Waals surface area contributed by atoms with Crippen LogP contribution in [0.25, 0.3) is 0 Å². The maximum atomic E-state index is 12.4. The van der Waals surface area contributed by atoms with Gasteiger partial charge in [0.1, 0.15) is 0 Å². The van der Waals surface area contributed by atoms with Gasteiger partial charge in [0.2, 0.25) is 5.91 Å². The van der Waals surface area contributed by atoms with Crippen LogP contribution in [0.2, 0.25) is 0 Å². The van der Waals surface area contributed by atoms with E-state index in [0.717, 1.165) is 24.2 Å². The van der Waals surface area contributed by atoms with Crippen molar-refractivity contribution in [1.29, 1.82) is 5.26 Å². The van der Waals surface area contributed by atoms with Gasteiger partial charge in [0.15, 0.2) is 0 Å². The first-order valence-electron chi connectivity index (χ1n) is 7.29. The molecule has 0 unspecified atom stereocenters. The Morgan fingerprint density at radius 1 is 1.19 bits per heavy atom. The van der Waals surface area contributed by atoms with Crippen LogP contribution in [0.15, 0.2) is 24.3 Å². The van der Waals surface area contributed by atoms with Crippen molar-refractivity contribution in [3.63, 3.8) is 0 Å². The predicted molar refractivity (Wildman–Crippen MR) is 79.6 cm³/mol. The van der Waals surface area contributed by atoms with Crippen molar-refractivity contribution < 1.29 is 9.90 Å². The van der Waals surface area contributed by atoms with Gasteiger partial charge in [-0.1, -0.05) is 24.3 Å². The van der Waals surface area contributed by atoms with Crippen molar-refractivity contribution in [3.05, 3.63) is 35.4 Å². The Morgan fingerprint density at radius 2 is 1.86 bits per heavy atom. The zero-order valence-electron chi connectivity index (χ0n) is 12.2. The predicted octanol–water partition coefficient (Wildman–Crippen LogP) is 0.432. The minimum Gasteiger partial charge on any atom is -0.395 e. The molecule has 0 bridgehead atoms. The number of piperazine rings is 1. The lowest BCUT2D eigenvalue weighted by Crippen LogP contribution is -2.49. The summed E-state index contributed by atoms with van der Waals surface area (Å²) in [5, 5.41) is 17.8. The van der Waals surface area contributed by atoms with Gasteiger partial charge in [-0.25, -0.2) is 0 Å². The Morgan fingerprint density at radius 3 is 2.48 bits per heavy atom. The summed E-state index contributed by atoms with van der Waals surface area (Å²) in [6.45, 7) is 3.87. The zero-order valence-corrected chi connectivity index (χ0v) is 12.2. The maximum Gasteiger partial charge on any atom is 0.227 e. The van der Waals surface area contributed by atoms with Crippen LogP contribution < -0.4 is 0 Å². The van der Waals surface area contributed by atoms with E-state index in [2.05, 4.69) is 11.0 Å². The second-order valence-corrected chi connectivity index (χ2v) is 5.23. The third-order valence-corrected chi connectivity index (χ3v) is 3.87. The molecule has 112 valence electrons. The second-order valence-electron chi connectivity index (χ2n) is 5.23. The maximum absolute atomic E-state index is 12.4. The highest BCUT2D eigenvalue weighted by Crippen LogP contribution is 2.12. The lowest BCUT2D eigenvalue weighted by Gasteiger charge is -2.34. The third kappa shape index (κ3) is 4.28. The van der Waals surface area contributed by atoms with Gasteiger partial charge in [0, 0.05) is 32.7 Å². The topological polar surface area (TPSA) is 67.6 Å². The number of carbonyl (C=O) groups is 1. The SMILES string of the molecule is N#CCc1ccccc1CC(=O)N1CCN(CCO)CC1. The van der Waals surface area contributed by atoms with E-state index in [1.165, 1.54) is 0 Å². The highest BCUT2D eigenvalue weighted by molar-refractivity contribution is 5.79. The number of hydrogen-bond donors (Lipinski definition) is 1. The standard InChI is InChI=1S/C16H21N3O2/c17-6-5-14-3-1-2-4-15(14)13-16(21)19-9-7-18(8-10-19)11-12-20/h1-4,20H,5,7-13H2. The molecule has 0 radical (unpaired) electrons. The van der Waals surface area contributed by atoms with Crippen LogP contribution in [-0.2, 0) is 17.6 Å². The molecule has 21 heavy (non-hydrogen) atoms. The van der Waals surface area contributed by atoms with Gasteiger partial charge >= 0.3 is 0 Å². The van der Waals surface area contributed by atoms with E-state index in [9.17, 15) is 4.79 Å². The van der Waals surface area contributed by atoms with E-state index in [4.69, 9.17) is 10.4 Å². The number of nitriles is 1. The fourth-order valence-corrected chi connectivity index (χ4v) is 2.62. The normalized spacial score (nSPS) is 15.7. The van der Waals surface area contributed by atoms with Crippen molar-refractivity contribution in [3.8, 4) is 6.07 Å². The first-order chi connectivity index (χ1) is 10.2. The van der Waals surface area contributed by atoms with Crippen LogP contribution in [-0.4, -0.2) is 60.1 Å². The van der Waals surface area contributed by atoms with Crippen molar-refractivity contribution in [2.45, 2.75) is 12.8 Å². The molecule has 1 aliphatic rings. The summed E-state index contributed by atoms with van der Waals surface area (Å²) in [6.07, 6.45) is 0.700. The second kappa shape index (κ2) is 7.77. The molecule has 1 heterocycles. The minimum absolute atomic E-state index is 0.115. The Labute approximate surface area is 125 Å². The summed E-state index contributed by atoms with van der Waals surface area (Å²) >= 11 is 0. The van der Waals surface area contributed by atoms with E-state index in [1.807, 2.05) is 29.2 Å². The molecule has 1 amide bonds. The minimum atomic E-state index is 0.115. The summed E-state index contributed by atoms with van der Waals surface area (Å²) in [6, 6.07) is 9.78.